The van der Waals surface area contributed by atoms with E-state index in [1.54, 1.807) is 0 Å². The Morgan fingerprint density at radius 3 is 2.45 bits per heavy atom. The first-order chi connectivity index (χ1) is 10.6. The van der Waals surface area contributed by atoms with E-state index in [-0.39, 0.29) is 24.0 Å². The first-order valence-corrected chi connectivity index (χ1v) is 6.83. The number of carbonyl (C=O) groups is 3. The van der Waals surface area contributed by atoms with Crippen LogP contribution in [0.4, 0.5) is 4.79 Å². The zero-order chi connectivity index (χ0) is 16.4. The Hall–Kier alpha value is -2.34. The SMILES string of the molecule is C=CC(=O)OCCCCOC(=O)Oc1ccc(C=O)cc1Cl. The van der Waals surface area contributed by atoms with Crippen LogP contribution in [0.2, 0.25) is 5.02 Å². The number of aldehydes is 1. The van der Waals surface area contributed by atoms with E-state index in [2.05, 4.69) is 6.58 Å². The van der Waals surface area contributed by atoms with Crippen molar-refractivity contribution in [3.63, 3.8) is 0 Å². The van der Waals surface area contributed by atoms with Gasteiger partial charge >= 0.3 is 12.1 Å². The van der Waals surface area contributed by atoms with E-state index in [1.807, 2.05) is 0 Å². The van der Waals surface area contributed by atoms with Crippen molar-refractivity contribution in [3.8, 4) is 5.75 Å². The maximum atomic E-state index is 11.4. The molecule has 0 saturated heterocycles. The van der Waals surface area contributed by atoms with Crippen LogP contribution in [0.25, 0.3) is 0 Å². The molecular formula is C15H15ClO6. The average molecular weight is 327 g/mol. The molecule has 118 valence electrons. The minimum absolute atomic E-state index is 0.108. The normalized spacial score (nSPS) is 9.68. The highest BCUT2D eigenvalue weighted by atomic mass is 35.5. The summed E-state index contributed by atoms with van der Waals surface area (Å²) in [5, 5.41) is 0.137. The molecule has 6 nitrogen and oxygen atoms in total. The van der Waals surface area contributed by atoms with Crippen LogP contribution in [-0.4, -0.2) is 31.6 Å². The van der Waals surface area contributed by atoms with Gasteiger partial charge in [0.05, 0.1) is 18.2 Å². The molecule has 0 spiro atoms. The van der Waals surface area contributed by atoms with Gasteiger partial charge in [0.15, 0.2) is 5.75 Å². The number of unbranched alkanes of at least 4 members (excludes halogenated alkanes) is 1. The van der Waals surface area contributed by atoms with Crippen molar-refractivity contribution in [3.05, 3.63) is 41.4 Å². The molecule has 7 heteroatoms. The number of hydrogen-bond donors (Lipinski definition) is 0. The van der Waals surface area contributed by atoms with Gasteiger partial charge in [0, 0.05) is 11.6 Å². The molecule has 22 heavy (non-hydrogen) atoms. The third kappa shape index (κ3) is 6.41. The highest BCUT2D eigenvalue weighted by Gasteiger charge is 2.10. The molecule has 0 heterocycles. The molecule has 0 radical (unpaired) electrons. The van der Waals surface area contributed by atoms with Crippen LogP contribution >= 0.6 is 11.6 Å². The molecule has 0 unspecified atom stereocenters. The summed E-state index contributed by atoms with van der Waals surface area (Å²) in [5.41, 5.74) is 0.375. The average Bonchev–Trinajstić information content (AvgIpc) is 2.52. The Morgan fingerprint density at radius 2 is 1.86 bits per heavy atom. The second kappa shape index (κ2) is 9.57. The van der Waals surface area contributed by atoms with E-state index in [0.717, 1.165) is 6.08 Å². The fourth-order valence-electron chi connectivity index (χ4n) is 1.38. The maximum absolute atomic E-state index is 11.4. The predicted octanol–water partition coefficient (Wildman–Crippen LogP) is 3.18. The molecule has 1 aromatic carbocycles. The lowest BCUT2D eigenvalue weighted by molar-refractivity contribution is -0.137. The molecule has 0 aliphatic heterocycles. The summed E-state index contributed by atoms with van der Waals surface area (Å²) in [7, 11) is 0. The zero-order valence-electron chi connectivity index (χ0n) is 11.7. The van der Waals surface area contributed by atoms with Crippen molar-refractivity contribution in [2.24, 2.45) is 0 Å². The van der Waals surface area contributed by atoms with Gasteiger partial charge in [-0.1, -0.05) is 18.2 Å². The van der Waals surface area contributed by atoms with E-state index in [9.17, 15) is 14.4 Å². The van der Waals surface area contributed by atoms with Crippen molar-refractivity contribution in [1.82, 2.24) is 0 Å². The standard InChI is InChI=1S/C15H15ClO6/c1-2-14(18)20-7-3-4-8-21-15(19)22-13-6-5-11(10-17)9-12(13)16/h2,5-6,9-10H,1,3-4,7-8H2. The predicted molar refractivity (Wildman–Crippen MR) is 79.2 cm³/mol. The first kappa shape index (κ1) is 17.7. The maximum Gasteiger partial charge on any atom is 0.513 e. The lowest BCUT2D eigenvalue weighted by atomic mass is 10.2. The summed E-state index contributed by atoms with van der Waals surface area (Å²) in [6.45, 7) is 3.61. The van der Waals surface area contributed by atoms with Gasteiger partial charge in [-0.05, 0) is 31.0 Å². The van der Waals surface area contributed by atoms with Gasteiger partial charge in [0.1, 0.15) is 6.29 Å². The monoisotopic (exact) mass is 326 g/mol. The summed E-state index contributed by atoms with van der Waals surface area (Å²) in [6.07, 6.45) is 1.86. The number of hydrogen-bond acceptors (Lipinski definition) is 6. The van der Waals surface area contributed by atoms with Gasteiger partial charge in [0.25, 0.3) is 0 Å². The topological polar surface area (TPSA) is 78.9 Å². The quantitative estimate of drug-likeness (QED) is 0.240. The van der Waals surface area contributed by atoms with Crippen LogP contribution in [-0.2, 0) is 14.3 Å². The number of ether oxygens (including phenoxy) is 3. The third-order valence-electron chi connectivity index (χ3n) is 2.45. The molecule has 0 atom stereocenters. The van der Waals surface area contributed by atoms with Gasteiger partial charge < -0.3 is 14.2 Å². The second-order valence-corrected chi connectivity index (χ2v) is 4.49. The molecule has 0 aliphatic rings. The van der Waals surface area contributed by atoms with Crippen LogP contribution in [0.1, 0.15) is 23.2 Å². The molecule has 0 fully saturated rings. The van der Waals surface area contributed by atoms with Crippen molar-refractivity contribution < 1.29 is 28.6 Å². The highest BCUT2D eigenvalue weighted by molar-refractivity contribution is 6.32. The van der Waals surface area contributed by atoms with Crippen molar-refractivity contribution in [1.29, 1.82) is 0 Å². The van der Waals surface area contributed by atoms with Crippen LogP contribution in [0, 0.1) is 0 Å². The number of halogens is 1. The summed E-state index contributed by atoms with van der Waals surface area (Å²) in [4.78, 5) is 32.7. The number of rotatable bonds is 8. The summed E-state index contributed by atoms with van der Waals surface area (Å²) in [6, 6.07) is 4.25. The second-order valence-electron chi connectivity index (χ2n) is 4.09. The molecule has 0 amide bonds. The Morgan fingerprint density at radius 1 is 1.18 bits per heavy atom. The Balaban J connectivity index is 2.25. The molecule has 0 saturated carbocycles. The van der Waals surface area contributed by atoms with E-state index in [4.69, 9.17) is 25.8 Å². The first-order valence-electron chi connectivity index (χ1n) is 6.45. The van der Waals surface area contributed by atoms with Crippen molar-refractivity contribution >= 4 is 30.0 Å². The lowest BCUT2D eigenvalue weighted by Crippen LogP contribution is -2.12. The van der Waals surface area contributed by atoms with Crippen molar-refractivity contribution in [2.75, 3.05) is 13.2 Å². The molecule has 0 N–H and O–H groups in total. The Bertz CT molecular complexity index is 555. The van der Waals surface area contributed by atoms with Gasteiger partial charge in [-0.15, -0.1) is 0 Å². The molecule has 0 aromatic heterocycles. The number of benzene rings is 1. The summed E-state index contributed by atoms with van der Waals surface area (Å²) >= 11 is 5.85. The van der Waals surface area contributed by atoms with Crippen LogP contribution in [0.5, 0.6) is 5.75 Å². The fraction of sp³-hybridized carbons (Fsp3) is 0.267. The molecular weight excluding hydrogens is 312 g/mol. The molecule has 1 aromatic rings. The lowest BCUT2D eigenvalue weighted by Gasteiger charge is -2.07. The highest BCUT2D eigenvalue weighted by Crippen LogP contribution is 2.25. The fourth-order valence-corrected chi connectivity index (χ4v) is 1.61. The van der Waals surface area contributed by atoms with Crippen LogP contribution in [0.3, 0.4) is 0 Å². The van der Waals surface area contributed by atoms with E-state index >= 15 is 0 Å². The summed E-state index contributed by atoms with van der Waals surface area (Å²) < 4.78 is 14.5. The zero-order valence-corrected chi connectivity index (χ0v) is 12.5. The van der Waals surface area contributed by atoms with Gasteiger partial charge in [-0.3, -0.25) is 4.79 Å². The smallest absolute Gasteiger partial charge is 0.463 e. The molecule has 0 bridgehead atoms. The Labute approximate surface area is 132 Å². The van der Waals surface area contributed by atoms with Gasteiger partial charge in [-0.2, -0.15) is 0 Å². The minimum atomic E-state index is -0.899. The van der Waals surface area contributed by atoms with E-state index in [0.29, 0.717) is 24.7 Å². The largest absolute Gasteiger partial charge is 0.513 e. The van der Waals surface area contributed by atoms with Gasteiger partial charge in [-0.25, -0.2) is 9.59 Å². The number of carbonyl (C=O) groups excluding carboxylic acids is 3. The molecule has 0 aliphatic carbocycles. The molecule has 1 rings (SSSR count). The minimum Gasteiger partial charge on any atom is -0.463 e. The van der Waals surface area contributed by atoms with E-state index in [1.165, 1.54) is 18.2 Å². The van der Waals surface area contributed by atoms with Crippen molar-refractivity contribution in [2.45, 2.75) is 12.8 Å². The third-order valence-corrected chi connectivity index (χ3v) is 2.75. The van der Waals surface area contributed by atoms with E-state index < -0.39 is 12.1 Å². The van der Waals surface area contributed by atoms with Gasteiger partial charge in [0.2, 0.25) is 0 Å². The summed E-state index contributed by atoms with van der Waals surface area (Å²) in [5.74, 6) is -0.383. The van der Waals surface area contributed by atoms with Crippen LogP contribution in [0.15, 0.2) is 30.9 Å². The number of esters is 1. The van der Waals surface area contributed by atoms with Crippen LogP contribution < -0.4 is 4.74 Å². The Kier molecular flexibility index (Phi) is 7.70.